The second kappa shape index (κ2) is 2.13. The number of hydrogen-bond donors (Lipinski definition) is 0. The lowest BCUT2D eigenvalue weighted by molar-refractivity contribution is 1.29. The van der Waals surface area contributed by atoms with Crippen molar-refractivity contribution in [2.24, 2.45) is 0 Å². The first-order chi connectivity index (χ1) is 3.93. The minimum absolute atomic E-state index is 0.632. The summed E-state index contributed by atoms with van der Waals surface area (Å²) in [5.41, 5.74) is 0.632. The predicted octanol–water partition coefficient (Wildman–Crippen LogP) is 0.863. The summed E-state index contributed by atoms with van der Waals surface area (Å²) in [4.78, 5) is 3.83. The van der Waals surface area contributed by atoms with E-state index >= 15 is 0 Å². The number of terminal acetylenes is 1. The monoisotopic (exact) mass is 102 g/mol. The molecule has 0 fully saturated rings. The van der Waals surface area contributed by atoms with Crippen LogP contribution in [0.3, 0.4) is 0 Å². The lowest BCUT2D eigenvalue weighted by atomic mass is 10.4. The second-order valence-corrected chi connectivity index (χ2v) is 1.29. The van der Waals surface area contributed by atoms with Crippen LogP contribution in [-0.2, 0) is 0 Å². The molecule has 37 valence electrons. The normalized spacial score (nSPS) is 7.88. The van der Waals surface area contributed by atoms with E-state index in [1.54, 1.807) is 18.3 Å². The molecule has 0 atom stereocenters. The van der Waals surface area contributed by atoms with E-state index in [9.17, 15) is 0 Å². The quantitative estimate of drug-likeness (QED) is 0.443. The molecule has 0 aromatic carbocycles. The number of hydrogen-bond acceptors (Lipinski definition) is 1. The number of nitrogens with zero attached hydrogens (tertiary/aromatic N) is 1. The van der Waals surface area contributed by atoms with Gasteiger partial charge < -0.3 is 0 Å². The van der Waals surface area contributed by atoms with E-state index in [1.807, 2.05) is 0 Å². The van der Waals surface area contributed by atoms with Crippen molar-refractivity contribution in [2.75, 3.05) is 0 Å². The molecule has 0 saturated carbocycles. The van der Waals surface area contributed by atoms with Gasteiger partial charge >= 0.3 is 0 Å². The second-order valence-electron chi connectivity index (χ2n) is 1.29. The molecule has 8 heavy (non-hydrogen) atoms. The molecule has 0 saturated heterocycles. The van der Waals surface area contributed by atoms with Gasteiger partial charge in [0.1, 0.15) is 5.69 Å². The third-order valence-electron chi connectivity index (χ3n) is 0.752. The van der Waals surface area contributed by atoms with Gasteiger partial charge in [0.25, 0.3) is 0 Å². The Labute approximate surface area is 48.4 Å². The van der Waals surface area contributed by atoms with Crippen molar-refractivity contribution >= 4 is 0 Å². The standard InChI is InChI=1S/C7H4N/c1-2-7-5-3-4-6-8-7/h1,4-6H. The van der Waals surface area contributed by atoms with E-state index in [-0.39, 0.29) is 0 Å². The van der Waals surface area contributed by atoms with Gasteiger partial charge in [-0.1, -0.05) is 5.92 Å². The third-order valence-corrected chi connectivity index (χ3v) is 0.752. The van der Waals surface area contributed by atoms with E-state index in [0.29, 0.717) is 5.69 Å². The molecule has 1 radical (unpaired) electrons. The maximum absolute atomic E-state index is 5.02. The summed E-state index contributed by atoms with van der Waals surface area (Å²) in [5.74, 6) is 2.38. The molecule has 1 heteroatoms. The summed E-state index contributed by atoms with van der Waals surface area (Å²) in [6, 6.07) is 6.18. The zero-order valence-corrected chi connectivity index (χ0v) is 4.26. The van der Waals surface area contributed by atoms with Gasteiger partial charge in [0.15, 0.2) is 0 Å². The van der Waals surface area contributed by atoms with Gasteiger partial charge in [0, 0.05) is 6.20 Å². The van der Waals surface area contributed by atoms with Crippen LogP contribution < -0.4 is 0 Å². The topological polar surface area (TPSA) is 12.9 Å². The highest BCUT2D eigenvalue weighted by atomic mass is 14.6. The van der Waals surface area contributed by atoms with Gasteiger partial charge in [0.05, 0.1) is 0 Å². The van der Waals surface area contributed by atoms with E-state index in [4.69, 9.17) is 6.42 Å². The zero-order chi connectivity index (χ0) is 5.82. The first-order valence-electron chi connectivity index (χ1n) is 2.22. The van der Waals surface area contributed by atoms with Crippen LogP contribution in [0.5, 0.6) is 0 Å². The SMILES string of the molecule is C#Cc1c[c]ccn1. The number of rotatable bonds is 0. The van der Waals surface area contributed by atoms with Gasteiger partial charge in [-0.05, 0) is 18.2 Å². The van der Waals surface area contributed by atoms with Gasteiger partial charge in [-0.15, -0.1) is 6.42 Å². The molecule has 0 unspecified atom stereocenters. The minimum Gasteiger partial charge on any atom is -0.248 e. The van der Waals surface area contributed by atoms with Crippen LogP contribution in [0, 0.1) is 18.4 Å². The van der Waals surface area contributed by atoms with E-state index < -0.39 is 0 Å². The Hall–Kier alpha value is -1.29. The van der Waals surface area contributed by atoms with Gasteiger partial charge in [-0.2, -0.15) is 0 Å². The summed E-state index contributed by atoms with van der Waals surface area (Å²) in [7, 11) is 0. The summed E-state index contributed by atoms with van der Waals surface area (Å²) in [6.07, 6.45) is 6.64. The molecule has 0 amide bonds. The van der Waals surface area contributed by atoms with Crippen molar-refractivity contribution in [3.63, 3.8) is 0 Å². The van der Waals surface area contributed by atoms with Gasteiger partial charge in [-0.25, -0.2) is 4.98 Å². The predicted molar refractivity (Wildman–Crippen MR) is 31.0 cm³/mol. The molecular weight excluding hydrogens is 98.1 g/mol. The van der Waals surface area contributed by atoms with Crippen LogP contribution in [0.2, 0.25) is 0 Å². The van der Waals surface area contributed by atoms with Crippen LogP contribution in [0.15, 0.2) is 18.3 Å². The van der Waals surface area contributed by atoms with Crippen LogP contribution in [-0.4, -0.2) is 4.98 Å². The Morgan fingerprint density at radius 2 is 2.62 bits per heavy atom. The van der Waals surface area contributed by atoms with Crippen molar-refractivity contribution in [2.45, 2.75) is 0 Å². The highest BCUT2D eigenvalue weighted by Gasteiger charge is 1.78. The maximum Gasteiger partial charge on any atom is 0.113 e. The molecular formula is C7H4N. The first kappa shape index (κ1) is 4.86. The summed E-state index contributed by atoms with van der Waals surface area (Å²) >= 11 is 0. The maximum atomic E-state index is 5.02. The molecule has 1 rings (SSSR count). The van der Waals surface area contributed by atoms with Crippen LogP contribution in [0.4, 0.5) is 0 Å². The van der Waals surface area contributed by atoms with E-state index in [2.05, 4.69) is 17.0 Å². The average Bonchev–Trinajstić information content (AvgIpc) is 1.90. The third kappa shape index (κ3) is 0.855. The Morgan fingerprint density at radius 1 is 1.75 bits per heavy atom. The van der Waals surface area contributed by atoms with Crippen LogP contribution in [0.25, 0.3) is 0 Å². The lowest BCUT2D eigenvalue weighted by Crippen LogP contribution is -1.75. The van der Waals surface area contributed by atoms with Crippen molar-refractivity contribution in [1.82, 2.24) is 4.98 Å². The minimum atomic E-state index is 0.632. The molecule has 1 aromatic heterocycles. The largest absolute Gasteiger partial charge is 0.248 e. The fraction of sp³-hybridized carbons (Fsp3) is 0. The summed E-state index contributed by atoms with van der Waals surface area (Å²) in [5, 5.41) is 0. The molecule has 1 nitrogen and oxygen atoms in total. The summed E-state index contributed by atoms with van der Waals surface area (Å²) < 4.78 is 0. The van der Waals surface area contributed by atoms with E-state index in [0.717, 1.165) is 0 Å². The molecule has 1 heterocycles. The van der Waals surface area contributed by atoms with Gasteiger partial charge in [-0.3, -0.25) is 0 Å². The molecule has 0 N–H and O–H groups in total. The Kier molecular flexibility index (Phi) is 1.29. The molecule has 0 aliphatic rings. The molecule has 0 bridgehead atoms. The Bertz CT molecular complexity index is 195. The Balaban J connectivity index is 3.05. The summed E-state index contributed by atoms with van der Waals surface area (Å²) in [6.45, 7) is 0. The first-order valence-corrected chi connectivity index (χ1v) is 2.22. The highest BCUT2D eigenvalue weighted by Crippen LogP contribution is 1.86. The molecule has 0 aliphatic carbocycles. The molecule has 0 aliphatic heterocycles. The fourth-order valence-corrected chi connectivity index (χ4v) is 0.404. The zero-order valence-electron chi connectivity index (χ0n) is 4.26. The van der Waals surface area contributed by atoms with Crippen molar-refractivity contribution in [1.29, 1.82) is 0 Å². The van der Waals surface area contributed by atoms with Crippen LogP contribution in [0.1, 0.15) is 5.69 Å². The van der Waals surface area contributed by atoms with Crippen molar-refractivity contribution in [3.8, 4) is 12.3 Å². The lowest BCUT2D eigenvalue weighted by Gasteiger charge is -1.81. The van der Waals surface area contributed by atoms with Gasteiger partial charge in [0.2, 0.25) is 0 Å². The number of aromatic nitrogens is 1. The fourth-order valence-electron chi connectivity index (χ4n) is 0.404. The number of pyridine rings is 1. The van der Waals surface area contributed by atoms with Crippen LogP contribution >= 0.6 is 0 Å². The average molecular weight is 102 g/mol. The molecule has 0 spiro atoms. The Morgan fingerprint density at radius 3 is 3.00 bits per heavy atom. The highest BCUT2D eigenvalue weighted by molar-refractivity contribution is 5.22. The molecule has 1 aromatic rings. The van der Waals surface area contributed by atoms with Crippen molar-refractivity contribution < 1.29 is 0 Å². The van der Waals surface area contributed by atoms with Crippen molar-refractivity contribution in [3.05, 3.63) is 30.1 Å². The smallest absolute Gasteiger partial charge is 0.113 e. The van der Waals surface area contributed by atoms with E-state index in [1.165, 1.54) is 0 Å².